The van der Waals surface area contributed by atoms with Crippen molar-refractivity contribution in [2.24, 2.45) is 5.73 Å². The Morgan fingerprint density at radius 2 is 2.20 bits per heavy atom. The molecule has 1 heterocycles. The van der Waals surface area contributed by atoms with Gasteiger partial charge in [-0.15, -0.1) is 0 Å². The summed E-state index contributed by atoms with van der Waals surface area (Å²) in [5.74, 6) is 0.623. The molecular weight excluding hydrogens is 256 g/mol. The molecule has 1 fully saturated rings. The first kappa shape index (κ1) is 14.8. The van der Waals surface area contributed by atoms with Crippen molar-refractivity contribution in [2.75, 3.05) is 19.8 Å². The van der Waals surface area contributed by atoms with Gasteiger partial charge in [-0.25, -0.2) is 0 Å². The second kappa shape index (κ2) is 6.24. The van der Waals surface area contributed by atoms with E-state index in [1.54, 1.807) is 0 Å². The first-order valence-electron chi connectivity index (χ1n) is 6.87. The summed E-state index contributed by atoms with van der Waals surface area (Å²) < 4.78 is 10.8. The van der Waals surface area contributed by atoms with Gasteiger partial charge in [0.05, 0.1) is 12.6 Å². The highest BCUT2D eigenvalue weighted by Gasteiger charge is 2.38. The number of amides is 1. The van der Waals surface area contributed by atoms with Gasteiger partial charge in [-0.2, -0.15) is 0 Å². The SMILES string of the molecule is Cc1ccc(OCC(C)NC(=O)C2(N)CCOC2)cc1. The molecule has 1 aromatic carbocycles. The van der Waals surface area contributed by atoms with Crippen LogP contribution in [0.4, 0.5) is 0 Å². The molecule has 1 aliphatic heterocycles. The third-order valence-electron chi connectivity index (χ3n) is 3.40. The second-order valence-corrected chi connectivity index (χ2v) is 5.46. The van der Waals surface area contributed by atoms with Crippen LogP contribution in [0, 0.1) is 6.92 Å². The number of benzene rings is 1. The summed E-state index contributed by atoms with van der Waals surface area (Å²) in [5.41, 5.74) is 6.29. The highest BCUT2D eigenvalue weighted by atomic mass is 16.5. The summed E-state index contributed by atoms with van der Waals surface area (Å²) in [5, 5.41) is 2.88. The average molecular weight is 278 g/mol. The van der Waals surface area contributed by atoms with Gasteiger partial charge in [0.1, 0.15) is 17.9 Å². The molecule has 1 aromatic rings. The fourth-order valence-corrected chi connectivity index (χ4v) is 2.02. The molecule has 0 spiro atoms. The molecule has 0 radical (unpaired) electrons. The van der Waals surface area contributed by atoms with Crippen LogP contribution in [0.2, 0.25) is 0 Å². The maximum atomic E-state index is 12.1. The third-order valence-corrected chi connectivity index (χ3v) is 3.40. The lowest BCUT2D eigenvalue weighted by Gasteiger charge is -2.23. The van der Waals surface area contributed by atoms with Crippen LogP contribution in [0.5, 0.6) is 5.75 Å². The van der Waals surface area contributed by atoms with Gasteiger partial charge in [0.2, 0.25) is 5.91 Å². The van der Waals surface area contributed by atoms with Gasteiger partial charge in [-0.1, -0.05) is 17.7 Å². The van der Waals surface area contributed by atoms with E-state index in [4.69, 9.17) is 15.2 Å². The minimum atomic E-state index is -0.891. The van der Waals surface area contributed by atoms with E-state index in [9.17, 15) is 4.79 Å². The van der Waals surface area contributed by atoms with Gasteiger partial charge >= 0.3 is 0 Å². The predicted molar refractivity (Wildman–Crippen MR) is 76.6 cm³/mol. The number of hydrogen-bond acceptors (Lipinski definition) is 4. The maximum absolute atomic E-state index is 12.1. The van der Waals surface area contributed by atoms with E-state index in [-0.39, 0.29) is 18.6 Å². The summed E-state index contributed by atoms with van der Waals surface area (Å²) in [6.07, 6.45) is 0.560. The molecule has 110 valence electrons. The van der Waals surface area contributed by atoms with Crippen molar-refractivity contribution in [2.45, 2.75) is 31.8 Å². The number of carbonyl (C=O) groups excluding carboxylic acids is 1. The Kier molecular flexibility index (Phi) is 4.62. The first-order chi connectivity index (χ1) is 9.49. The summed E-state index contributed by atoms with van der Waals surface area (Å²) in [7, 11) is 0. The maximum Gasteiger partial charge on any atom is 0.242 e. The molecule has 1 saturated heterocycles. The largest absolute Gasteiger partial charge is 0.491 e. The number of rotatable bonds is 5. The highest BCUT2D eigenvalue weighted by Crippen LogP contribution is 2.16. The topological polar surface area (TPSA) is 73.6 Å². The first-order valence-corrected chi connectivity index (χ1v) is 6.87. The molecule has 2 atom stereocenters. The molecule has 3 N–H and O–H groups in total. The Balaban J connectivity index is 1.79. The predicted octanol–water partition coefficient (Wildman–Crippen LogP) is 0.996. The van der Waals surface area contributed by atoms with Crippen LogP contribution in [0.25, 0.3) is 0 Å². The van der Waals surface area contributed by atoms with Crippen molar-refractivity contribution in [1.29, 1.82) is 0 Å². The smallest absolute Gasteiger partial charge is 0.242 e. The Hall–Kier alpha value is -1.59. The minimum absolute atomic E-state index is 0.107. The van der Waals surface area contributed by atoms with Crippen LogP contribution >= 0.6 is 0 Å². The number of aryl methyl sites for hydroxylation is 1. The number of carbonyl (C=O) groups is 1. The Labute approximate surface area is 119 Å². The normalized spacial score (nSPS) is 23.4. The van der Waals surface area contributed by atoms with Crippen molar-refractivity contribution in [3.8, 4) is 5.75 Å². The molecule has 0 saturated carbocycles. The van der Waals surface area contributed by atoms with Gasteiger partial charge in [0.25, 0.3) is 0 Å². The molecule has 0 aromatic heterocycles. The Bertz CT molecular complexity index is 453. The summed E-state index contributed by atoms with van der Waals surface area (Å²) in [6.45, 7) is 5.15. The number of nitrogens with one attached hydrogen (secondary N) is 1. The van der Waals surface area contributed by atoms with Crippen LogP contribution in [-0.2, 0) is 9.53 Å². The van der Waals surface area contributed by atoms with E-state index in [2.05, 4.69) is 5.32 Å². The van der Waals surface area contributed by atoms with E-state index in [1.165, 1.54) is 5.56 Å². The van der Waals surface area contributed by atoms with E-state index in [0.29, 0.717) is 19.6 Å². The monoisotopic (exact) mass is 278 g/mol. The average Bonchev–Trinajstić information content (AvgIpc) is 2.86. The Morgan fingerprint density at radius 1 is 1.50 bits per heavy atom. The van der Waals surface area contributed by atoms with Crippen molar-refractivity contribution in [3.63, 3.8) is 0 Å². The van der Waals surface area contributed by atoms with Crippen LogP contribution in [0.3, 0.4) is 0 Å². The lowest BCUT2D eigenvalue weighted by molar-refractivity contribution is -0.127. The zero-order valence-corrected chi connectivity index (χ0v) is 12.0. The summed E-state index contributed by atoms with van der Waals surface area (Å²) in [6, 6.07) is 7.70. The van der Waals surface area contributed by atoms with Crippen molar-refractivity contribution in [3.05, 3.63) is 29.8 Å². The standard InChI is InChI=1S/C15H22N2O3/c1-11-3-5-13(6-4-11)20-9-12(2)17-14(18)15(16)7-8-19-10-15/h3-6,12H,7-10,16H2,1-2H3,(H,17,18). The molecule has 0 aliphatic carbocycles. The lowest BCUT2D eigenvalue weighted by atomic mass is 9.99. The molecule has 0 bridgehead atoms. The van der Waals surface area contributed by atoms with Crippen molar-refractivity contribution >= 4 is 5.91 Å². The van der Waals surface area contributed by atoms with Crippen LogP contribution < -0.4 is 15.8 Å². The van der Waals surface area contributed by atoms with Gasteiger partial charge in [-0.05, 0) is 32.4 Å². The minimum Gasteiger partial charge on any atom is -0.491 e. The lowest BCUT2D eigenvalue weighted by Crippen LogP contribution is -2.57. The Morgan fingerprint density at radius 3 is 2.80 bits per heavy atom. The number of hydrogen-bond donors (Lipinski definition) is 2. The summed E-state index contributed by atoms with van der Waals surface area (Å²) in [4.78, 5) is 12.1. The van der Waals surface area contributed by atoms with Gasteiger partial charge < -0.3 is 20.5 Å². The molecule has 2 rings (SSSR count). The number of ether oxygens (including phenoxy) is 2. The van der Waals surface area contributed by atoms with E-state index < -0.39 is 5.54 Å². The van der Waals surface area contributed by atoms with Crippen molar-refractivity contribution in [1.82, 2.24) is 5.32 Å². The molecule has 1 amide bonds. The molecular formula is C15H22N2O3. The zero-order valence-electron chi connectivity index (χ0n) is 12.0. The van der Waals surface area contributed by atoms with Gasteiger partial charge in [0.15, 0.2) is 0 Å². The van der Waals surface area contributed by atoms with Crippen LogP contribution in [0.1, 0.15) is 18.9 Å². The molecule has 2 unspecified atom stereocenters. The fraction of sp³-hybridized carbons (Fsp3) is 0.533. The third kappa shape index (κ3) is 3.71. The summed E-state index contributed by atoms with van der Waals surface area (Å²) >= 11 is 0. The fourth-order valence-electron chi connectivity index (χ4n) is 2.02. The highest BCUT2D eigenvalue weighted by molar-refractivity contribution is 5.86. The van der Waals surface area contributed by atoms with E-state index in [1.807, 2.05) is 38.1 Å². The molecule has 5 heteroatoms. The van der Waals surface area contributed by atoms with E-state index in [0.717, 1.165) is 5.75 Å². The zero-order chi connectivity index (χ0) is 14.6. The molecule has 5 nitrogen and oxygen atoms in total. The second-order valence-electron chi connectivity index (χ2n) is 5.46. The van der Waals surface area contributed by atoms with Gasteiger partial charge in [0, 0.05) is 6.61 Å². The van der Waals surface area contributed by atoms with E-state index >= 15 is 0 Å². The molecule has 1 aliphatic rings. The quantitative estimate of drug-likeness (QED) is 0.842. The van der Waals surface area contributed by atoms with Crippen LogP contribution in [-0.4, -0.2) is 37.3 Å². The number of nitrogens with two attached hydrogens (primary N) is 1. The van der Waals surface area contributed by atoms with Crippen LogP contribution in [0.15, 0.2) is 24.3 Å². The molecule has 20 heavy (non-hydrogen) atoms. The van der Waals surface area contributed by atoms with Crippen molar-refractivity contribution < 1.29 is 14.3 Å². The van der Waals surface area contributed by atoms with Gasteiger partial charge in [-0.3, -0.25) is 4.79 Å².